The second kappa shape index (κ2) is 4.48. The monoisotopic (exact) mass is 229 g/mol. The summed E-state index contributed by atoms with van der Waals surface area (Å²) in [5.74, 6) is 0. The lowest BCUT2D eigenvalue weighted by Crippen LogP contribution is -1.97. The maximum absolute atomic E-state index is 10.1. The van der Waals surface area contributed by atoms with E-state index < -0.39 is 6.10 Å². The average molecular weight is 229 g/mol. The minimum atomic E-state index is -0.599. The molecular formula is C13H11NOS. The first-order valence-corrected chi connectivity index (χ1v) is 5.82. The molecule has 1 aromatic carbocycles. The van der Waals surface area contributed by atoms with Gasteiger partial charge in [0.25, 0.3) is 0 Å². The number of aliphatic hydroxyl groups excluding tert-OH is 1. The summed E-state index contributed by atoms with van der Waals surface area (Å²) in [6.45, 7) is 2.01. The van der Waals surface area contributed by atoms with Gasteiger partial charge in [-0.3, -0.25) is 0 Å². The van der Waals surface area contributed by atoms with Crippen molar-refractivity contribution in [2.75, 3.05) is 0 Å². The van der Waals surface area contributed by atoms with E-state index in [1.165, 1.54) is 4.88 Å². The largest absolute Gasteiger partial charge is 0.384 e. The molecule has 3 heteroatoms. The number of aliphatic hydroxyl groups is 1. The minimum absolute atomic E-state index is 0.599. The molecule has 0 radical (unpaired) electrons. The van der Waals surface area contributed by atoms with Gasteiger partial charge in [-0.25, -0.2) is 0 Å². The summed E-state index contributed by atoms with van der Waals surface area (Å²) >= 11 is 1.62. The van der Waals surface area contributed by atoms with Crippen LogP contribution in [0.4, 0.5) is 0 Å². The first kappa shape index (κ1) is 10.9. The third-order valence-corrected chi connectivity index (χ3v) is 3.30. The van der Waals surface area contributed by atoms with Crippen LogP contribution < -0.4 is 0 Å². The van der Waals surface area contributed by atoms with Crippen LogP contribution >= 0.6 is 11.3 Å². The van der Waals surface area contributed by atoms with Crippen molar-refractivity contribution in [1.29, 1.82) is 5.26 Å². The topological polar surface area (TPSA) is 44.0 Å². The van der Waals surface area contributed by atoms with Crippen LogP contribution in [0.2, 0.25) is 0 Å². The van der Waals surface area contributed by atoms with Gasteiger partial charge in [-0.2, -0.15) is 5.26 Å². The van der Waals surface area contributed by atoms with Gasteiger partial charge in [-0.05, 0) is 41.6 Å². The second-order valence-electron chi connectivity index (χ2n) is 3.63. The molecule has 0 amide bonds. The molecule has 80 valence electrons. The van der Waals surface area contributed by atoms with E-state index in [9.17, 15) is 5.11 Å². The maximum atomic E-state index is 10.1. The molecule has 16 heavy (non-hydrogen) atoms. The Morgan fingerprint density at radius 1 is 1.25 bits per heavy atom. The summed E-state index contributed by atoms with van der Waals surface area (Å²) in [5, 5.41) is 20.7. The molecule has 0 aliphatic carbocycles. The Morgan fingerprint density at radius 2 is 1.94 bits per heavy atom. The lowest BCUT2D eigenvalue weighted by atomic mass is 10.0. The number of hydrogen-bond acceptors (Lipinski definition) is 3. The van der Waals surface area contributed by atoms with Gasteiger partial charge in [-0.15, -0.1) is 11.3 Å². The predicted molar refractivity (Wildman–Crippen MR) is 64.3 cm³/mol. The fraction of sp³-hybridized carbons (Fsp3) is 0.154. The van der Waals surface area contributed by atoms with Crippen LogP contribution in [0.3, 0.4) is 0 Å². The van der Waals surface area contributed by atoms with Crippen LogP contribution in [0.15, 0.2) is 35.7 Å². The highest BCUT2D eigenvalue weighted by Crippen LogP contribution is 2.26. The molecular weight excluding hydrogens is 218 g/mol. The molecule has 0 spiro atoms. The molecule has 0 saturated heterocycles. The van der Waals surface area contributed by atoms with Crippen molar-refractivity contribution in [2.45, 2.75) is 13.0 Å². The van der Waals surface area contributed by atoms with E-state index in [2.05, 4.69) is 6.07 Å². The smallest absolute Gasteiger partial charge is 0.105 e. The van der Waals surface area contributed by atoms with Crippen LogP contribution in [0.25, 0.3) is 0 Å². The summed E-state index contributed by atoms with van der Waals surface area (Å²) in [6.07, 6.45) is -0.599. The summed E-state index contributed by atoms with van der Waals surface area (Å²) in [5.41, 5.74) is 2.33. The standard InChI is InChI=1S/C13H11NOS/c1-9-6-12(8-16-9)13(15)11-4-2-10(7-14)3-5-11/h2-6,8,13,15H,1H3. The van der Waals surface area contributed by atoms with E-state index >= 15 is 0 Å². The third kappa shape index (κ3) is 2.13. The molecule has 2 nitrogen and oxygen atoms in total. The normalized spacial score (nSPS) is 12.1. The van der Waals surface area contributed by atoms with Crippen LogP contribution in [-0.2, 0) is 0 Å². The summed E-state index contributed by atoms with van der Waals surface area (Å²) < 4.78 is 0. The molecule has 1 atom stereocenters. The Bertz CT molecular complexity index is 522. The summed E-state index contributed by atoms with van der Waals surface area (Å²) in [6, 6.07) is 11.1. The van der Waals surface area contributed by atoms with Gasteiger partial charge in [0.2, 0.25) is 0 Å². The number of aryl methyl sites for hydroxylation is 1. The zero-order valence-electron chi connectivity index (χ0n) is 8.84. The molecule has 0 aliphatic rings. The number of nitrogens with zero attached hydrogens (tertiary/aromatic N) is 1. The third-order valence-electron chi connectivity index (χ3n) is 2.42. The van der Waals surface area contributed by atoms with Gasteiger partial charge < -0.3 is 5.11 Å². The molecule has 0 fully saturated rings. The summed E-state index contributed by atoms with van der Waals surface area (Å²) in [4.78, 5) is 1.18. The minimum Gasteiger partial charge on any atom is -0.384 e. The van der Waals surface area contributed by atoms with Crippen molar-refractivity contribution < 1.29 is 5.11 Å². The Balaban J connectivity index is 2.27. The molecule has 0 saturated carbocycles. The Morgan fingerprint density at radius 3 is 2.44 bits per heavy atom. The van der Waals surface area contributed by atoms with Gasteiger partial charge in [0.15, 0.2) is 0 Å². The highest BCUT2D eigenvalue weighted by Gasteiger charge is 2.11. The van der Waals surface area contributed by atoms with Gasteiger partial charge in [0.1, 0.15) is 6.10 Å². The number of thiophene rings is 1. The van der Waals surface area contributed by atoms with E-state index in [1.807, 2.05) is 18.4 Å². The number of nitriles is 1. The van der Waals surface area contributed by atoms with Crippen LogP contribution in [0, 0.1) is 18.3 Å². The molecule has 0 bridgehead atoms. The predicted octanol–water partition coefficient (Wildman–Crippen LogP) is 3.01. The van der Waals surface area contributed by atoms with Crippen molar-refractivity contribution >= 4 is 11.3 Å². The molecule has 1 aromatic heterocycles. The lowest BCUT2D eigenvalue weighted by molar-refractivity contribution is 0.221. The van der Waals surface area contributed by atoms with Gasteiger partial charge in [0.05, 0.1) is 11.6 Å². The summed E-state index contributed by atoms with van der Waals surface area (Å²) in [7, 11) is 0. The molecule has 0 aliphatic heterocycles. The van der Waals surface area contributed by atoms with Crippen molar-refractivity contribution in [3.63, 3.8) is 0 Å². The molecule has 2 aromatic rings. The SMILES string of the molecule is Cc1cc(C(O)c2ccc(C#N)cc2)cs1. The quantitative estimate of drug-likeness (QED) is 0.860. The van der Waals surface area contributed by atoms with Gasteiger partial charge in [0, 0.05) is 4.88 Å². The number of hydrogen-bond donors (Lipinski definition) is 1. The maximum Gasteiger partial charge on any atom is 0.105 e. The Kier molecular flexibility index (Phi) is 3.04. The first-order chi connectivity index (χ1) is 7.70. The highest BCUT2D eigenvalue weighted by molar-refractivity contribution is 7.10. The Hall–Kier alpha value is -1.63. The van der Waals surface area contributed by atoms with Crippen LogP contribution in [0.1, 0.15) is 27.7 Å². The van der Waals surface area contributed by atoms with Crippen molar-refractivity contribution in [3.05, 3.63) is 57.3 Å². The van der Waals surface area contributed by atoms with Crippen molar-refractivity contribution in [3.8, 4) is 6.07 Å². The average Bonchev–Trinajstić information content (AvgIpc) is 2.75. The molecule has 1 unspecified atom stereocenters. The van der Waals surface area contributed by atoms with E-state index in [0.29, 0.717) is 5.56 Å². The zero-order chi connectivity index (χ0) is 11.5. The fourth-order valence-electron chi connectivity index (χ4n) is 1.54. The lowest BCUT2D eigenvalue weighted by Gasteiger charge is -2.08. The zero-order valence-corrected chi connectivity index (χ0v) is 9.66. The number of benzene rings is 1. The van der Waals surface area contributed by atoms with Gasteiger partial charge >= 0.3 is 0 Å². The fourth-order valence-corrected chi connectivity index (χ4v) is 2.26. The van der Waals surface area contributed by atoms with E-state index in [1.54, 1.807) is 35.6 Å². The van der Waals surface area contributed by atoms with E-state index in [-0.39, 0.29) is 0 Å². The highest BCUT2D eigenvalue weighted by atomic mass is 32.1. The van der Waals surface area contributed by atoms with Crippen LogP contribution in [0.5, 0.6) is 0 Å². The van der Waals surface area contributed by atoms with E-state index in [0.717, 1.165) is 11.1 Å². The molecule has 2 rings (SSSR count). The first-order valence-electron chi connectivity index (χ1n) is 4.94. The van der Waals surface area contributed by atoms with E-state index in [4.69, 9.17) is 5.26 Å². The van der Waals surface area contributed by atoms with Crippen molar-refractivity contribution in [1.82, 2.24) is 0 Å². The Labute approximate surface area is 98.4 Å². The van der Waals surface area contributed by atoms with Gasteiger partial charge in [-0.1, -0.05) is 12.1 Å². The molecule has 1 heterocycles. The van der Waals surface area contributed by atoms with Crippen LogP contribution in [-0.4, -0.2) is 5.11 Å². The number of rotatable bonds is 2. The molecule has 1 N–H and O–H groups in total. The second-order valence-corrected chi connectivity index (χ2v) is 4.74. The van der Waals surface area contributed by atoms with Crippen molar-refractivity contribution in [2.24, 2.45) is 0 Å².